The maximum Gasteiger partial charge on any atom is 0.124 e. The number of nitrogens with zero attached hydrogens (tertiary/aromatic N) is 1. The molecule has 0 radical (unpaired) electrons. The zero-order chi connectivity index (χ0) is 9.76. The first-order valence-electron chi connectivity index (χ1n) is 4.92. The minimum absolute atomic E-state index is 0.383. The molecule has 0 spiro atoms. The first-order chi connectivity index (χ1) is 6.67. The lowest BCUT2D eigenvalue weighted by Crippen LogP contribution is -1.98. The quantitative estimate of drug-likeness (QED) is 0.719. The van der Waals surface area contributed by atoms with Gasteiger partial charge in [0.15, 0.2) is 0 Å². The minimum atomic E-state index is 0.383. The van der Waals surface area contributed by atoms with Crippen molar-refractivity contribution in [3.05, 3.63) is 24.0 Å². The highest BCUT2D eigenvalue weighted by molar-refractivity contribution is 5.82. The fourth-order valence-electron chi connectivity index (χ4n) is 1.83. The Morgan fingerprint density at radius 2 is 2.21 bits per heavy atom. The highest BCUT2D eigenvalue weighted by atomic mass is 14.8. The predicted octanol–water partition coefficient (Wildman–Crippen LogP) is 2.20. The van der Waals surface area contributed by atoms with Crippen LogP contribution in [-0.2, 0) is 5.41 Å². The van der Waals surface area contributed by atoms with E-state index < -0.39 is 0 Å². The Morgan fingerprint density at radius 3 is 2.93 bits per heavy atom. The molecule has 1 saturated carbocycles. The number of nitrogens with one attached hydrogen (secondary N) is 1. The summed E-state index contributed by atoms with van der Waals surface area (Å²) in [6, 6.07) is 4.11. The molecule has 3 N–H and O–H groups in total. The molecule has 0 unspecified atom stereocenters. The van der Waals surface area contributed by atoms with Crippen LogP contribution < -0.4 is 5.73 Å². The van der Waals surface area contributed by atoms with Crippen LogP contribution in [0.1, 0.15) is 25.5 Å². The number of aromatic nitrogens is 2. The van der Waals surface area contributed by atoms with Crippen molar-refractivity contribution in [2.75, 3.05) is 5.73 Å². The molecule has 1 aliphatic carbocycles. The standard InChI is InChI=1S/C11H13N3/c1-11(2-3-11)9-4-7-5-10(12)13-6-8(7)14-9/h4-6,14H,2-3H2,1H3,(H2,12,13). The van der Waals surface area contributed by atoms with Gasteiger partial charge in [-0.2, -0.15) is 0 Å². The Kier molecular flexibility index (Phi) is 1.29. The summed E-state index contributed by atoms with van der Waals surface area (Å²) in [5.41, 5.74) is 8.42. The van der Waals surface area contributed by atoms with Crippen LogP contribution in [0.15, 0.2) is 18.3 Å². The Hall–Kier alpha value is -1.51. The third-order valence-electron chi connectivity index (χ3n) is 3.18. The van der Waals surface area contributed by atoms with E-state index in [1.54, 1.807) is 6.20 Å². The molecule has 72 valence electrons. The first-order valence-corrected chi connectivity index (χ1v) is 4.92. The normalized spacial score (nSPS) is 18.6. The van der Waals surface area contributed by atoms with E-state index in [9.17, 15) is 0 Å². The van der Waals surface area contributed by atoms with Gasteiger partial charge in [0.05, 0.1) is 11.7 Å². The summed E-state index contributed by atoms with van der Waals surface area (Å²) in [6.45, 7) is 2.29. The Balaban J connectivity index is 2.20. The van der Waals surface area contributed by atoms with Gasteiger partial charge in [0, 0.05) is 16.5 Å². The zero-order valence-corrected chi connectivity index (χ0v) is 8.17. The van der Waals surface area contributed by atoms with E-state index in [1.165, 1.54) is 23.9 Å². The second-order valence-electron chi connectivity index (χ2n) is 4.44. The number of hydrogen-bond acceptors (Lipinski definition) is 2. The summed E-state index contributed by atoms with van der Waals surface area (Å²) >= 11 is 0. The van der Waals surface area contributed by atoms with Crippen molar-refractivity contribution in [1.82, 2.24) is 9.97 Å². The smallest absolute Gasteiger partial charge is 0.124 e. The molecule has 14 heavy (non-hydrogen) atoms. The summed E-state index contributed by atoms with van der Waals surface area (Å²) in [6.07, 6.45) is 4.37. The Morgan fingerprint density at radius 1 is 1.43 bits per heavy atom. The predicted molar refractivity (Wildman–Crippen MR) is 57.1 cm³/mol. The average molecular weight is 187 g/mol. The van der Waals surface area contributed by atoms with Gasteiger partial charge in [0.25, 0.3) is 0 Å². The number of nitrogens with two attached hydrogens (primary N) is 1. The number of anilines is 1. The van der Waals surface area contributed by atoms with Crippen molar-refractivity contribution in [2.24, 2.45) is 0 Å². The van der Waals surface area contributed by atoms with E-state index >= 15 is 0 Å². The molecule has 3 rings (SSSR count). The second kappa shape index (κ2) is 2.29. The van der Waals surface area contributed by atoms with Crippen molar-refractivity contribution >= 4 is 16.7 Å². The molecular formula is C11H13N3. The molecular weight excluding hydrogens is 174 g/mol. The maximum absolute atomic E-state index is 5.63. The second-order valence-corrected chi connectivity index (χ2v) is 4.44. The van der Waals surface area contributed by atoms with Crippen LogP contribution in [0.5, 0.6) is 0 Å². The highest BCUT2D eigenvalue weighted by Gasteiger charge is 2.40. The summed E-state index contributed by atoms with van der Waals surface area (Å²) in [4.78, 5) is 7.48. The SMILES string of the molecule is CC1(c2cc3cc(N)ncc3[nH]2)CC1. The van der Waals surface area contributed by atoms with E-state index in [1.807, 2.05) is 6.07 Å². The molecule has 0 aliphatic heterocycles. The van der Waals surface area contributed by atoms with E-state index in [0.717, 1.165) is 5.52 Å². The molecule has 1 fully saturated rings. The molecule has 3 heteroatoms. The monoisotopic (exact) mass is 187 g/mol. The fourth-order valence-corrected chi connectivity index (χ4v) is 1.83. The molecule has 0 amide bonds. The number of hydrogen-bond donors (Lipinski definition) is 2. The number of nitrogen functional groups attached to an aromatic ring is 1. The van der Waals surface area contributed by atoms with Crippen LogP contribution in [0, 0.1) is 0 Å². The summed E-state index contributed by atoms with van der Waals surface area (Å²) in [7, 11) is 0. The lowest BCUT2D eigenvalue weighted by atomic mass is 10.1. The molecule has 1 aliphatic rings. The Bertz CT molecular complexity index is 494. The van der Waals surface area contributed by atoms with Gasteiger partial charge in [-0.1, -0.05) is 6.92 Å². The van der Waals surface area contributed by atoms with Crippen LogP contribution >= 0.6 is 0 Å². The van der Waals surface area contributed by atoms with E-state index in [4.69, 9.17) is 5.73 Å². The molecule has 0 saturated heterocycles. The average Bonchev–Trinajstić information content (AvgIpc) is 2.77. The van der Waals surface area contributed by atoms with Crippen LogP contribution in [0.4, 0.5) is 5.82 Å². The summed E-state index contributed by atoms with van der Waals surface area (Å²) in [5, 5.41) is 1.17. The molecule has 2 aromatic rings. The first kappa shape index (κ1) is 7.85. The van der Waals surface area contributed by atoms with Gasteiger partial charge in [0.1, 0.15) is 5.82 Å². The molecule has 0 atom stereocenters. The fraction of sp³-hybridized carbons (Fsp3) is 0.364. The van der Waals surface area contributed by atoms with Crippen LogP contribution in [0.25, 0.3) is 10.9 Å². The number of H-pyrrole nitrogens is 1. The van der Waals surface area contributed by atoms with Gasteiger partial charge in [-0.05, 0) is 25.0 Å². The van der Waals surface area contributed by atoms with E-state index in [2.05, 4.69) is 23.0 Å². The van der Waals surface area contributed by atoms with Gasteiger partial charge in [-0.15, -0.1) is 0 Å². The van der Waals surface area contributed by atoms with Crippen molar-refractivity contribution in [3.63, 3.8) is 0 Å². The van der Waals surface area contributed by atoms with Gasteiger partial charge < -0.3 is 10.7 Å². The minimum Gasteiger partial charge on any atom is -0.384 e. The zero-order valence-electron chi connectivity index (χ0n) is 8.17. The van der Waals surface area contributed by atoms with Gasteiger partial charge in [-0.3, -0.25) is 0 Å². The lowest BCUT2D eigenvalue weighted by Gasteiger charge is -2.02. The van der Waals surface area contributed by atoms with Gasteiger partial charge >= 0.3 is 0 Å². The van der Waals surface area contributed by atoms with Crippen molar-refractivity contribution < 1.29 is 0 Å². The highest BCUT2D eigenvalue weighted by Crippen LogP contribution is 2.47. The summed E-state index contributed by atoms with van der Waals surface area (Å²) in [5.74, 6) is 0.587. The molecule has 2 aromatic heterocycles. The molecule has 2 heterocycles. The van der Waals surface area contributed by atoms with E-state index in [0.29, 0.717) is 11.2 Å². The number of fused-ring (bicyclic) bond motifs is 1. The number of aromatic amines is 1. The summed E-state index contributed by atoms with van der Waals surface area (Å²) < 4.78 is 0. The van der Waals surface area contributed by atoms with Crippen molar-refractivity contribution in [3.8, 4) is 0 Å². The van der Waals surface area contributed by atoms with Crippen LogP contribution in [-0.4, -0.2) is 9.97 Å². The van der Waals surface area contributed by atoms with Gasteiger partial charge in [0.2, 0.25) is 0 Å². The third-order valence-corrected chi connectivity index (χ3v) is 3.18. The Labute approximate surface area is 82.3 Å². The van der Waals surface area contributed by atoms with Crippen LogP contribution in [0.3, 0.4) is 0 Å². The van der Waals surface area contributed by atoms with Crippen molar-refractivity contribution in [2.45, 2.75) is 25.2 Å². The van der Waals surface area contributed by atoms with Crippen LogP contribution in [0.2, 0.25) is 0 Å². The third kappa shape index (κ3) is 1.02. The number of pyridine rings is 1. The van der Waals surface area contributed by atoms with E-state index in [-0.39, 0.29) is 0 Å². The van der Waals surface area contributed by atoms with Crippen molar-refractivity contribution in [1.29, 1.82) is 0 Å². The molecule has 3 nitrogen and oxygen atoms in total. The lowest BCUT2D eigenvalue weighted by molar-refractivity contribution is 0.761. The molecule has 0 bridgehead atoms. The molecule has 0 aromatic carbocycles. The maximum atomic E-state index is 5.63. The van der Waals surface area contributed by atoms with Gasteiger partial charge in [-0.25, -0.2) is 4.98 Å². The largest absolute Gasteiger partial charge is 0.384 e. The number of rotatable bonds is 1. The topological polar surface area (TPSA) is 54.7 Å².